The van der Waals surface area contributed by atoms with Gasteiger partial charge in [-0.15, -0.1) is 0 Å². The minimum absolute atomic E-state index is 0.328. The lowest BCUT2D eigenvalue weighted by Gasteiger charge is -2.27. The molecule has 0 bridgehead atoms. The van der Waals surface area contributed by atoms with E-state index in [4.69, 9.17) is 22.1 Å². The second kappa shape index (κ2) is 6.26. The molecule has 0 radical (unpaired) electrons. The highest BCUT2D eigenvalue weighted by molar-refractivity contribution is 6.33. The standard InChI is InChI=1S/C14H19ClN2O2/c1-19-14(18)12-8-11(6-7-13(12)15)17-10-4-2-9(16)3-5-10/h6-10,17H,2-5,16H2,1H3. The van der Waals surface area contributed by atoms with Gasteiger partial charge in [0.15, 0.2) is 0 Å². The number of rotatable bonds is 3. The Balaban J connectivity index is 2.06. The fraction of sp³-hybridized carbons (Fsp3) is 0.500. The molecule has 1 aliphatic carbocycles. The van der Waals surface area contributed by atoms with Crippen molar-refractivity contribution in [3.8, 4) is 0 Å². The van der Waals surface area contributed by atoms with Crippen LogP contribution in [0.4, 0.5) is 5.69 Å². The number of carbonyl (C=O) groups excluding carboxylic acids is 1. The van der Waals surface area contributed by atoms with Crippen molar-refractivity contribution in [2.24, 2.45) is 5.73 Å². The van der Waals surface area contributed by atoms with Gasteiger partial charge in [0, 0.05) is 17.8 Å². The van der Waals surface area contributed by atoms with Gasteiger partial charge < -0.3 is 15.8 Å². The molecule has 1 aromatic carbocycles. The molecule has 1 fully saturated rings. The van der Waals surface area contributed by atoms with E-state index in [1.54, 1.807) is 12.1 Å². The van der Waals surface area contributed by atoms with Crippen molar-refractivity contribution in [3.63, 3.8) is 0 Å². The van der Waals surface area contributed by atoms with E-state index in [1.165, 1.54) is 7.11 Å². The number of halogens is 1. The van der Waals surface area contributed by atoms with Crippen LogP contribution < -0.4 is 11.1 Å². The number of nitrogens with two attached hydrogens (primary N) is 1. The van der Waals surface area contributed by atoms with Gasteiger partial charge in [0.2, 0.25) is 0 Å². The normalized spacial score (nSPS) is 22.9. The average Bonchev–Trinajstić information content (AvgIpc) is 2.42. The number of carbonyl (C=O) groups is 1. The number of anilines is 1. The molecule has 0 aromatic heterocycles. The molecule has 2 rings (SSSR count). The molecule has 0 unspecified atom stereocenters. The summed E-state index contributed by atoms with van der Waals surface area (Å²) < 4.78 is 4.71. The van der Waals surface area contributed by atoms with Gasteiger partial charge in [0.1, 0.15) is 0 Å². The Morgan fingerprint density at radius 2 is 2.05 bits per heavy atom. The highest BCUT2D eigenvalue weighted by atomic mass is 35.5. The van der Waals surface area contributed by atoms with Gasteiger partial charge in [-0.05, 0) is 43.9 Å². The van der Waals surface area contributed by atoms with Crippen LogP contribution in [-0.2, 0) is 4.74 Å². The first-order chi connectivity index (χ1) is 9.10. The van der Waals surface area contributed by atoms with Crippen LogP contribution in [0.25, 0.3) is 0 Å². The van der Waals surface area contributed by atoms with E-state index < -0.39 is 5.97 Å². The minimum Gasteiger partial charge on any atom is -0.465 e. The first-order valence-corrected chi connectivity index (χ1v) is 6.88. The number of hydrogen-bond donors (Lipinski definition) is 2. The third-order valence-electron chi connectivity index (χ3n) is 3.51. The molecule has 104 valence electrons. The largest absolute Gasteiger partial charge is 0.465 e. The molecule has 5 heteroatoms. The minimum atomic E-state index is -0.417. The molecule has 0 atom stereocenters. The van der Waals surface area contributed by atoms with Crippen LogP contribution in [0.2, 0.25) is 5.02 Å². The summed E-state index contributed by atoms with van der Waals surface area (Å²) in [5.41, 5.74) is 7.17. The van der Waals surface area contributed by atoms with Crippen molar-refractivity contribution in [2.45, 2.75) is 37.8 Å². The van der Waals surface area contributed by atoms with Gasteiger partial charge in [-0.25, -0.2) is 4.79 Å². The first-order valence-electron chi connectivity index (χ1n) is 6.50. The smallest absolute Gasteiger partial charge is 0.339 e. The molecule has 1 aromatic rings. The third kappa shape index (κ3) is 3.61. The van der Waals surface area contributed by atoms with E-state index in [-0.39, 0.29) is 0 Å². The number of nitrogens with one attached hydrogen (secondary N) is 1. The maximum atomic E-state index is 11.6. The summed E-state index contributed by atoms with van der Waals surface area (Å²) in [6.45, 7) is 0. The Bertz CT molecular complexity index is 457. The van der Waals surface area contributed by atoms with Crippen LogP contribution in [0.15, 0.2) is 18.2 Å². The van der Waals surface area contributed by atoms with Crippen LogP contribution in [0, 0.1) is 0 Å². The summed E-state index contributed by atoms with van der Waals surface area (Å²) in [5, 5.41) is 3.83. The van der Waals surface area contributed by atoms with E-state index in [1.807, 2.05) is 6.07 Å². The van der Waals surface area contributed by atoms with Crippen LogP contribution >= 0.6 is 11.6 Å². The van der Waals surface area contributed by atoms with Crippen LogP contribution in [0.3, 0.4) is 0 Å². The molecule has 0 amide bonds. The fourth-order valence-electron chi connectivity index (χ4n) is 2.38. The van der Waals surface area contributed by atoms with E-state index in [0.717, 1.165) is 31.4 Å². The summed E-state index contributed by atoms with van der Waals surface area (Å²) in [7, 11) is 1.35. The van der Waals surface area contributed by atoms with Gasteiger partial charge in [0.05, 0.1) is 17.7 Å². The van der Waals surface area contributed by atoms with Gasteiger partial charge in [-0.2, -0.15) is 0 Å². The highest BCUT2D eigenvalue weighted by Gasteiger charge is 2.19. The Hall–Kier alpha value is -1.26. The fourth-order valence-corrected chi connectivity index (χ4v) is 2.58. The maximum absolute atomic E-state index is 11.6. The zero-order valence-corrected chi connectivity index (χ0v) is 11.7. The predicted molar refractivity (Wildman–Crippen MR) is 76.6 cm³/mol. The average molecular weight is 283 g/mol. The monoisotopic (exact) mass is 282 g/mol. The molecule has 1 saturated carbocycles. The molecule has 4 nitrogen and oxygen atoms in total. The molecule has 0 saturated heterocycles. The summed E-state index contributed by atoms with van der Waals surface area (Å²) in [6, 6.07) is 6.07. The molecule has 0 heterocycles. The van der Waals surface area contributed by atoms with Crippen molar-refractivity contribution in [2.75, 3.05) is 12.4 Å². The lowest BCUT2D eigenvalue weighted by molar-refractivity contribution is 0.0601. The second-order valence-electron chi connectivity index (χ2n) is 4.94. The molecule has 1 aliphatic rings. The van der Waals surface area contributed by atoms with Gasteiger partial charge >= 0.3 is 5.97 Å². The van der Waals surface area contributed by atoms with Crippen LogP contribution in [-0.4, -0.2) is 25.2 Å². The number of ether oxygens (including phenoxy) is 1. The van der Waals surface area contributed by atoms with Gasteiger partial charge in [-0.1, -0.05) is 11.6 Å². The van der Waals surface area contributed by atoms with Crippen molar-refractivity contribution in [1.29, 1.82) is 0 Å². The van der Waals surface area contributed by atoms with E-state index in [0.29, 0.717) is 22.7 Å². The lowest BCUT2D eigenvalue weighted by atomic mass is 9.91. The summed E-state index contributed by atoms with van der Waals surface area (Å²) >= 11 is 5.99. The molecule has 3 N–H and O–H groups in total. The summed E-state index contributed by atoms with van der Waals surface area (Å²) in [4.78, 5) is 11.6. The zero-order valence-electron chi connectivity index (χ0n) is 11.0. The van der Waals surface area contributed by atoms with Crippen molar-refractivity contribution >= 4 is 23.3 Å². The molecule has 19 heavy (non-hydrogen) atoms. The van der Waals surface area contributed by atoms with Crippen molar-refractivity contribution in [3.05, 3.63) is 28.8 Å². The second-order valence-corrected chi connectivity index (χ2v) is 5.35. The lowest BCUT2D eigenvalue weighted by Crippen LogP contribution is -2.32. The molecule has 0 spiro atoms. The van der Waals surface area contributed by atoms with Gasteiger partial charge in [0.25, 0.3) is 0 Å². The Kier molecular flexibility index (Phi) is 4.66. The Labute approximate surface area is 118 Å². The first kappa shape index (κ1) is 14.2. The molecular formula is C14H19ClN2O2. The topological polar surface area (TPSA) is 64.3 Å². The summed E-state index contributed by atoms with van der Waals surface area (Å²) in [5.74, 6) is -0.417. The SMILES string of the molecule is COC(=O)c1cc(NC2CCC(N)CC2)ccc1Cl. The maximum Gasteiger partial charge on any atom is 0.339 e. The molecular weight excluding hydrogens is 264 g/mol. The van der Waals surface area contributed by atoms with Crippen molar-refractivity contribution in [1.82, 2.24) is 0 Å². The number of esters is 1. The predicted octanol–water partition coefficient (Wildman–Crippen LogP) is 2.81. The third-order valence-corrected chi connectivity index (χ3v) is 3.84. The van der Waals surface area contributed by atoms with E-state index >= 15 is 0 Å². The highest BCUT2D eigenvalue weighted by Crippen LogP contribution is 2.25. The number of methoxy groups -OCH3 is 1. The number of benzene rings is 1. The Morgan fingerprint density at radius 1 is 1.37 bits per heavy atom. The van der Waals surface area contributed by atoms with E-state index in [2.05, 4.69) is 5.32 Å². The van der Waals surface area contributed by atoms with E-state index in [9.17, 15) is 4.79 Å². The summed E-state index contributed by atoms with van der Waals surface area (Å²) in [6.07, 6.45) is 4.18. The zero-order chi connectivity index (χ0) is 13.8. The molecule has 0 aliphatic heterocycles. The van der Waals surface area contributed by atoms with Crippen LogP contribution in [0.1, 0.15) is 36.0 Å². The van der Waals surface area contributed by atoms with Crippen LogP contribution in [0.5, 0.6) is 0 Å². The van der Waals surface area contributed by atoms with Crippen molar-refractivity contribution < 1.29 is 9.53 Å². The number of hydrogen-bond acceptors (Lipinski definition) is 4. The van der Waals surface area contributed by atoms with Gasteiger partial charge in [-0.3, -0.25) is 0 Å². The Morgan fingerprint density at radius 3 is 2.68 bits per heavy atom. The quantitative estimate of drug-likeness (QED) is 0.837.